The van der Waals surface area contributed by atoms with Crippen LogP contribution in [0.5, 0.6) is 0 Å². The van der Waals surface area contributed by atoms with Crippen molar-refractivity contribution in [2.75, 3.05) is 10.6 Å². The van der Waals surface area contributed by atoms with Gasteiger partial charge in [-0.25, -0.2) is 0 Å². The van der Waals surface area contributed by atoms with E-state index in [1.807, 2.05) is 0 Å². The summed E-state index contributed by atoms with van der Waals surface area (Å²) in [7, 11) is 0. The van der Waals surface area contributed by atoms with E-state index < -0.39 is 11.8 Å². The molecule has 0 heterocycles. The minimum Gasteiger partial charge on any atom is -0.318 e. The zero-order chi connectivity index (χ0) is 14.5. The SMILES string of the molecule is O=C(Nc1ccc(Cl)cc1)C(=O)Nc1cccc(Cl)c1. The van der Waals surface area contributed by atoms with Gasteiger partial charge in [-0.1, -0.05) is 29.3 Å². The lowest BCUT2D eigenvalue weighted by atomic mass is 10.3. The summed E-state index contributed by atoms with van der Waals surface area (Å²) in [4.78, 5) is 23.4. The Bertz CT molecular complexity index is 642. The van der Waals surface area contributed by atoms with Crippen molar-refractivity contribution in [1.82, 2.24) is 0 Å². The summed E-state index contributed by atoms with van der Waals surface area (Å²) in [5, 5.41) is 5.93. The molecule has 6 heteroatoms. The summed E-state index contributed by atoms with van der Waals surface area (Å²) in [5.74, 6) is -1.55. The largest absolute Gasteiger partial charge is 0.318 e. The molecule has 0 atom stereocenters. The predicted molar refractivity (Wildman–Crippen MR) is 80.2 cm³/mol. The van der Waals surface area contributed by atoms with Gasteiger partial charge in [0.25, 0.3) is 0 Å². The summed E-state index contributed by atoms with van der Waals surface area (Å²) in [6.07, 6.45) is 0. The van der Waals surface area contributed by atoms with Crippen molar-refractivity contribution in [2.45, 2.75) is 0 Å². The first-order valence-corrected chi connectivity index (χ1v) is 6.43. The van der Waals surface area contributed by atoms with Crippen LogP contribution in [-0.2, 0) is 9.59 Å². The fraction of sp³-hybridized carbons (Fsp3) is 0. The molecular formula is C14H10Cl2N2O2. The van der Waals surface area contributed by atoms with E-state index in [0.29, 0.717) is 21.4 Å². The number of hydrogen-bond donors (Lipinski definition) is 2. The van der Waals surface area contributed by atoms with Crippen molar-refractivity contribution in [3.05, 3.63) is 58.6 Å². The number of benzene rings is 2. The van der Waals surface area contributed by atoms with E-state index in [-0.39, 0.29) is 0 Å². The van der Waals surface area contributed by atoms with Crippen LogP contribution in [0.1, 0.15) is 0 Å². The van der Waals surface area contributed by atoms with Gasteiger partial charge < -0.3 is 10.6 Å². The van der Waals surface area contributed by atoms with E-state index in [1.165, 1.54) is 0 Å². The van der Waals surface area contributed by atoms with Crippen LogP contribution in [-0.4, -0.2) is 11.8 Å². The van der Waals surface area contributed by atoms with Crippen LogP contribution >= 0.6 is 23.2 Å². The topological polar surface area (TPSA) is 58.2 Å². The molecule has 0 aliphatic rings. The lowest BCUT2D eigenvalue weighted by molar-refractivity contribution is -0.132. The quantitative estimate of drug-likeness (QED) is 0.833. The number of anilines is 2. The second-order valence-electron chi connectivity index (χ2n) is 3.93. The van der Waals surface area contributed by atoms with Crippen LogP contribution in [0.2, 0.25) is 10.0 Å². The van der Waals surface area contributed by atoms with Crippen LogP contribution in [0.15, 0.2) is 48.5 Å². The third kappa shape index (κ3) is 3.98. The Kier molecular flexibility index (Phi) is 4.61. The Morgan fingerprint density at radius 1 is 0.750 bits per heavy atom. The van der Waals surface area contributed by atoms with Gasteiger partial charge in [0.15, 0.2) is 0 Å². The van der Waals surface area contributed by atoms with Crippen molar-refractivity contribution >= 4 is 46.4 Å². The van der Waals surface area contributed by atoms with Gasteiger partial charge in [0.2, 0.25) is 0 Å². The smallest absolute Gasteiger partial charge is 0.314 e. The van der Waals surface area contributed by atoms with Gasteiger partial charge >= 0.3 is 11.8 Å². The first kappa shape index (κ1) is 14.4. The minimum atomic E-state index is -0.776. The maximum Gasteiger partial charge on any atom is 0.314 e. The Morgan fingerprint density at radius 3 is 1.95 bits per heavy atom. The van der Waals surface area contributed by atoms with Gasteiger partial charge in [-0.3, -0.25) is 9.59 Å². The summed E-state index contributed by atoms with van der Waals surface area (Å²) >= 11 is 11.5. The Labute approximate surface area is 125 Å². The summed E-state index contributed by atoms with van der Waals surface area (Å²) < 4.78 is 0. The van der Waals surface area contributed by atoms with E-state index >= 15 is 0 Å². The molecule has 0 aromatic heterocycles. The van der Waals surface area contributed by atoms with E-state index in [1.54, 1.807) is 48.5 Å². The number of amides is 2. The molecule has 0 saturated heterocycles. The third-order valence-electron chi connectivity index (χ3n) is 2.39. The van der Waals surface area contributed by atoms with Gasteiger partial charge in [-0.05, 0) is 42.5 Å². The molecule has 2 aromatic rings. The fourth-order valence-corrected chi connectivity index (χ4v) is 1.79. The molecule has 0 fully saturated rings. The number of rotatable bonds is 2. The number of halogens is 2. The zero-order valence-corrected chi connectivity index (χ0v) is 11.7. The Balaban J connectivity index is 1.98. The molecule has 0 spiro atoms. The third-order valence-corrected chi connectivity index (χ3v) is 2.88. The highest BCUT2D eigenvalue weighted by Gasteiger charge is 2.14. The van der Waals surface area contributed by atoms with Gasteiger partial charge in [0.05, 0.1) is 0 Å². The molecule has 0 aliphatic carbocycles. The standard InChI is InChI=1S/C14H10Cl2N2O2/c15-9-4-6-11(7-5-9)17-13(19)14(20)18-12-3-1-2-10(16)8-12/h1-8H,(H,17,19)(H,18,20). The molecule has 20 heavy (non-hydrogen) atoms. The number of nitrogens with one attached hydrogen (secondary N) is 2. The van der Waals surface area contributed by atoms with E-state index in [2.05, 4.69) is 10.6 Å². The summed E-state index contributed by atoms with van der Waals surface area (Å²) in [6, 6.07) is 13.0. The van der Waals surface area contributed by atoms with Crippen molar-refractivity contribution in [2.24, 2.45) is 0 Å². The Morgan fingerprint density at radius 2 is 1.35 bits per heavy atom. The van der Waals surface area contributed by atoms with Crippen LogP contribution in [0.25, 0.3) is 0 Å². The second kappa shape index (κ2) is 6.41. The van der Waals surface area contributed by atoms with Gasteiger partial charge in [-0.2, -0.15) is 0 Å². The predicted octanol–water partition coefficient (Wildman–Crippen LogP) is 3.57. The number of carbonyl (C=O) groups is 2. The average molecular weight is 309 g/mol. The maximum atomic E-state index is 11.7. The number of carbonyl (C=O) groups excluding carboxylic acids is 2. The molecule has 2 N–H and O–H groups in total. The van der Waals surface area contributed by atoms with E-state index in [9.17, 15) is 9.59 Å². The molecule has 2 rings (SSSR count). The Hall–Kier alpha value is -2.04. The lowest BCUT2D eigenvalue weighted by Crippen LogP contribution is -2.29. The molecule has 102 valence electrons. The molecule has 2 aromatic carbocycles. The molecule has 0 radical (unpaired) electrons. The van der Waals surface area contributed by atoms with Crippen LogP contribution in [0, 0.1) is 0 Å². The molecule has 4 nitrogen and oxygen atoms in total. The van der Waals surface area contributed by atoms with Crippen LogP contribution in [0.3, 0.4) is 0 Å². The van der Waals surface area contributed by atoms with Crippen molar-refractivity contribution in [3.63, 3.8) is 0 Å². The molecule has 0 aliphatic heterocycles. The summed E-state index contributed by atoms with van der Waals surface area (Å²) in [6.45, 7) is 0. The molecule has 0 unspecified atom stereocenters. The highest BCUT2D eigenvalue weighted by Crippen LogP contribution is 2.15. The van der Waals surface area contributed by atoms with E-state index in [4.69, 9.17) is 23.2 Å². The maximum absolute atomic E-state index is 11.7. The van der Waals surface area contributed by atoms with Gasteiger partial charge in [-0.15, -0.1) is 0 Å². The molecule has 0 bridgehead atoms. The van der Waals surface area contributed by atoms with Crippen molar-refractivity contribution in [3.8, 4) is 0 Å². The zero-order valence-electron chi connectivity index (χ0n) is 10.2. The molecular weight excluding hydrogens is 299 g/mol. The van der Waals surface area contributed by atoms with Crippen LogP contribution in [0.4, 0.5) is 11.4 Å². The minimum absolute atomic E-state index is 0.453. The van der Waals surface area contributed by atoms with Crippen LogP contribution < -0.4 is 10.6 Å². The van der Waals surface area contributed by atoms with Gasteiger partial charge in [0.1, 0.15) is 0 Å². The first-order valence-electron chi connectivity index (χ1n) is 5.68. The normalized spacial score (nSPS) is 9.90. The highest BCUT2D eigenvalue weighted by atomic mass is 35.5. The molecule has 2 amide bonds. The van der Waals surface area contributed by atoms with E-state index in [0.717, 1.165) is 0 Å². The highest BCUT2D eigenvalue weighted by molar-refractivity contribution is 6.43. The first-order chi connectivity index (χ1) is 9.54. The summed E-state index contributed by atoms with van der Waals surface area (Å²) in [5.41, 5.74) is 0.939. The van der Waals surface area contributed by atoms with Crippen molar-refractivity contribution < 1.29 is 9.59 Å². The number of hydrogen-bond acceptors (Lipinski definition) is 2. The lowest BCUT2D eigenvalue weighted by Gasteiger charge is -2.06. The average Bonchev–Trinajstić information content (AvgIpc) is 2.41. The second-order valence-corrected chi connectivity index (χ2v) is 4.80. The van der Waals surface area contributed by atoms with Crippen molar-refractivity contribution in [1.29, 1.82) is 0 Å². The molecule has 0 saturated carbocycles. The fourth-order valence-electron chi connectivity index (χ4n) is 1.48. The van der Waals surface area contributed by atoms with Gasteiger partial charge in [0, 0.05) is 21.4 Å². The monoisotopic (exact) mass is 308 g/mol.